The van der Waals surface area contributed by atoms with Crippen molar-refractivity contribution in [1.82, 2.24) is 0 Å². The van der Waals surface area contributed by atoms with E-state index in [2.05, 4.69) is 11.3 Å². The van der Waals surface area contributed by atoms with Gasteiger partial charge in [0.25, 0.3) is 0 Å². The number of carbonyl (C=O) groups is 1. The Labute approximate surface area is 113 Å². The molecular formula is C15H18O4. The van der Waals surface area contributed by atoms with Gasteiger partial charge in [-0.2, -0.15) is 0 Å². The van der Waals surface area contributed by atoms with E-state index in [-0.39, 0.29) is 12.4 Å². The SMILES string of the molecule is C=CCOC=C(CC(=O)OC)c1ccc(OC)cc1. The third kappa shape index (κ3) is 4.87. The summed E-state index contributed by atoms with van der Waals surface area (Å²) in [4.78, 5) is 11.4. The minimum atomic E-state index is -0.315. The first-order valence-electron chi connectivity index (χ1n) is 5.84. The molecular weight excluding hydrogens is 244 g/mol. The van der Waals surface area contributed by atoms with Crippen molar-refractivity contribution >= 4 is 11.5 Å². The molecule has 0 aliphatic heterocycles. The first-order valence-corrected chi connectivity index (χ1v) is 5.84. The van der Waals surface area contributed by atoms with Gasteiger partial charge in [0, 0.05) is 5.57 Å². The maximum atomic E-state index is 11.4. The van der Waals surface area contributed by atoms with E-state index in [1.54, 1.807) is 19.4 Å². The zero-order valence-corrected chi connectivity index (χ0v) is 11.2. The first kappa shape index (κ1) is 14.8. The van der Waals surface area contributed by atoms with E-state index in [0.717, 1.165) is 16.9 Å². The molecule has 0 atom stereocenters. The second-order valence-electron chi connectivity index (χ2n) is 3.75. The lowest BCUT2D eigenvalue weighted by Gasteiger charge is -2.08. The highest BCUT2D eigenvalue weighted by atomic mass is 16.5. The molecule has 0 saturated heterocycles. The number of hydrogen-bond acceptors (Lipinski definition) is 4. The molecule has 0 radical (unpaired) electrons. The molecule has 0 aliphatic rings. The molecule has 0 saturated carbocycles. The Bertz CT molecular complexity index is 446. The summed E-state index contributed by atoms with van der Waals surface area (Å²) in [5.74, 6) is 0.442. The van der Waals surface area contributed by atoms with E-state index in [1.807, 2.05) is 24.3 Å². The number of ether oxygens (including phenoxy) is 3. The number of hydrogen-bond donors (Lipinski definition) is 0. The molecule has 0 fully saturated rings. The Balaban J connectivity index is 2.89. The van der Waals surface area contributed by atoms with Crippen molar-refractivity contribution in [2.45, 2.75) is 6.42 Å². The van der Waals surface area contributed by atoms with Crippen LogP contribution in [-0.2, 0) is 14.3 Å². The normalized spacial score (nSPS) is 10.7. The van der Waals surface area contributed by atoms with E-state index in [0.29, 0.717) is 6.61 Å². The lowest BCUT2D eigenvalue weighted by molar-refractivity contribution is -0.139. The summed E-state index contributed by atoms with van der Waals surface area (Å²) in [6, 6.07) is 7.39. The zero-order chi connectivity index (χ0) is 14.1. The smallest absolute Gasteiger partial charge is 0.310 e. The molecule has 1 rings (SSSR count). The molecule has 0 heterocycles. The highest BCUT2D eigenvalue weighted by Gasteiger charge is 2.09. The standard InChI is InChI=1S/C15H18O4/c1-4-9-19-11-13(10-15(16)18-3)12-5-7-14(17-2)8-6-12/h4-8,11H,1,9-10H2,2-3H3. The molecule has 0 aromatic heterocycles. The van der Waals surface area contributed by atoms with Gasteiger partial charge < -0.3 is 14.2 Å². The van der Waals surface area contributed by atoms with Gasteiger partial charge in [-0.05, 0) is 17.7 Å². The number of rotatable bonds is 7. The molecule has 0 N–H and O–H groups in total. The summed E-state index contributed by atoms with van der Waals surface area (Å²) in [6.45, 7) is 3.96. The van der Waals surface area contributed by atoms with Gasteiger partial charge >= 0.3 is 5.97 Å². The summed E-state index contributed by atoms with van der Waals surface area (Å²) in [6.07, 6.45) is 3.35. The fraction of sp³-hybridized carbons (Fsp3) is 0.267. The Morgan fingerprint density at radius 1 is 1.26 bits per heavy atom. The van der Waals surface area contributed by atoms with Crippen LogP contribution in [0.25, 0.3) is 5.57 Å². The summed E-state index contributed by atoms with van der Waals surface area (Å²) in [5.41, 5.74) is 1.63. The highest BCUT2D eigenvalue weighted by Crippen LogP contribution is 2.22. The van der Waals surface area contributed by atoms with E-state index < -0.39 is 0 Å². The topological polar surface area (TPSA) is 44.8 Å². The van der Waals surface area contributed by atoms with Crippen LogP contribution in [-0.4, -0.2) is 26.8 Å². The fourth-order valence-electron chi connectivity index (χ4n) is 1.46. The Morgan fingerprint density at radius 3 is 2.47 bits per heavy atom. The molecule has 0 bridgehead atoms. The molecule has 0 aliphatic carbocycles. The summed E-state index contributed by atoms with van der Waals surface area (Å²) < 4.78 is 15.0. The molecule has 0 unspecified atom stereocenters. The predicted molar refractivity (Wildman–Crippen MR) is 73.8 cm³/mol. The van der Waals surface area contributed by atoms with Crippen LogP contribution in [0.15, 0.2) is 43.2 Å². The van der Waals surface area contributed by atoms with Crippen LogP contribution in [0.3, 0.4) is 0 Å². The third-order valence-corrected chi connectivity index (χ3v) is 2.46. The van der Waals surface area contributed by atoms with Crippen molar-refractivity contribution in [2.24, 2.45) is 0 Å². The minimum absolute atomic E-state index is 0.153. The van der Waals surface area contributed by atoms with Crippen LogP contribution >= 0.6 is 0 Å². The van der Waals surface area contributed by atoms with Crippen LogP contribution in [0.1, 0.15) is 12.0 Å². The number of esters is 1. The number of methoxy groups -OCH3 is 2. The van der Waals surface area contributed by atoms with Crippen LogP contribution in [0.4, 0.5) is 0 Å². The van der Waals surface area contributed by atoms with Gasteiger partial charge in [-0.25, -0.2) is 0 Å². The molecule has 1 aromatic carbocycles. The Morgan fingerprint density at radius 2 is 1.95 bits per heavy atom. The minimum Gasteiger partial charge on any atom is -0.497 e. The van der Waals surface area contributed by atoms with Crippen LogP contribution in [0, 0.1) is 0 Å². The van der Waals surface area contributed by atoms with Crippen LogP contribution < -0.4 is 4.74 Å². The summed E-state index contributed by atoms with van der Waals surface area (Å²) in [7, 11) is 2.96. The van der Waals surface area contributed by atoms with Crippen molar-refractivity contribution in [2.75, 3.05) is 20.8 Å². The van der Waals surface area contributed by atoms with Crippen LogP contribution in [0.5, 0.6) is 5.75 Å². The van der Waals surface area contributed by atoms with Crippen molar-refractivity contribution < 1.29 is 19.0 Å². The zero-order valence-electron chi connectivity index (χ0n) is 11.2. The van der Waals surface area contributed by atoms with E-state index >= 15 is 0 Å². The number of carbonyl (C=O) groups excluding carboxylic acids is 1. The van der Waals surface area contributed by atoms with Gasteiger partial charge in [0.1, 0.15) is 12.4 Å². The molecule has 4 nitrogen and oxygen atoms in total. The predicted octanol–water partition coefficient (Wildman–Crippen LogP) is 2.80. The largest absolute Gasteiger partial charge is 0.497 e. The van der Waals surface area contributed by atoms with Gasteiger partial charge in [0.05, 0.1) is 26.9 Å². The number of benzene rings is 1. The first-order chi connectivity index (χ1) is 9.21. The third-order valence-electron chi connectivity index (χ3n) is 2.46. The van der Waals surface area contributed by atoms with Gasteiger partial charge in [0.15, 0.2) is 0 Å². The lowest BCUT2D eigenvalue weighted by atomic mass is 10.0. The van der Waals surface area contributed by atoms with E-state index in [1.165, 1.54) is 7.11 Å². The monoisotopic (exact) mass is 262 g/mol. The lowest BCUT2D eigenvalue weighted by Crippen LogP contribution is -2.02. The van der Waals surface area contributed by atoms with Gasteiger partial charge in [-0.3, -0.25) is 4.79 Å². The van der Waals surface area contributed by atoms with E-state index in [9.17, 15) is 4.79 Å². The average Bonchev–Trinajstić information content (AvgIpc) is 2.46. The van der Waals surface area contributed by atoms with Crippen molar-refractivity contribution in [3.8, 4) is 5.75 Å². The van der Waals surface area contributed by atoms with Gasteiger partial charge in [0.2, 0.25) is 0 Å². The summed E-state index contributed by atoms with van der Waals surface area (Å²) in [5, 5.41) is 0. The second kappa shape index (κ2) is 7.97. The molecule has 19 heavy (non-hydrogen) atoms. The quantitative estimate of drug-likeness (QED) is 0.328. The van der Waals surface area contributed by atoms with Gasteiger partial charge in [-0.15, -0.1) is 0 Å². The molecule has 102 valence electrons. The molecule has 4 heteroatoms. The highest BCUT2D eigenvalue weighted by molar-refractivity contribution is 5.84. The summed E-state index contributed by atoms with van der Waals surface area (Å²) >= 11 is 0. The maximum Gasteiger partial charge on any atom is 0.310 e. The molecule has 0 amide bonds. The van der Waals surface area contributed by atoms with Crippen LogP contribution in [0.2, 0.25) is 0 Å². The van der Waals surface area contributed by atoms with Crippen molar-refractivity contribution in [3.05, 3.63) is 48.7 Å². The van der Waals surface area contributed by atoms with Crippen molar-refractivity contribution in [3.63, 3.8) is 0 Å². The Kier molecular flexibility index (Phi) is 6.22. The molecule has 0 spiro atoms. The fourth-order valence-corrected chi connectivity index (χ4v) is 1.46. The maximum absolute atomic E-state index is 11.4. The molecule has 1 aromatic rings. The second-order valence-corrected chi connectivity index (χ2v) is 3.75. The Hall–Kier alpha value is -2.23. The van der Waals surface area contributed by atoms with Crippen molar-refractivity contribution in [1.29, 1.82) is 0 Å². The van der Waals surface area contributed by atoms with Gasteiger partial charge in [-0.1, -0.05) is 24.8 Å². The van der Waals surface area contributed by atoms with E-state index in [4.69, 9.17) is 9.47 Å². The average molecular weight is 262 g/mol.